The molecule has 40 heavy (non-hydrogen) atoms. The predicted octanol–water partition coefficient (Wildman–Crippen LogP) is 7.55. The van der Waals surface area contributed by atoms with Gasteiger partial charge in [-0.3, -0.25) is 9.59 Å². The normalized spacial score (nSPS) is 21.4. The first-order valence-electron chi connectivity index (χ1n) is 12.4. The van der Waals surface area contributed by atoms with Crippen LogP contribution < -0.4 is 15.4 Å². The van der Waals surface area contributed by atoms with Crippen molar-refractivity contribution < 1.29 is 14.3 Å². The van der Waals surface area contributed by atoms with Gasteiger partial charge in [-0.25, -0.2) is 0 Å². The number of rotatable bonds is 4. The van der Waals surface area contributed by atoms with Gasteiger partial charge in [-0.05, 0) is 77.9 Å². The molecule has 2 amide bonds. The molecule has 2 N–H and O–H groups in total. The Balaban J connectivity index is 1.58. The SMILES string of the molecule is N#Cc1ccc(Oc2ccc(Cl)cc2[C@@H]2NC(=O)C[C@H](c3cccc(Cl)c3)[C@@]23C(=O)Nc2cc(Cl)ccc23)cc1. The van der Waals surface area contributed by atoms with Crippen LogP contribution in [0.2, 0.25) is 15.1 Å². The fourth-order valence-electron chi connectivity index (χ4n) is 5.83. The summed E-state index contributed by atoms with van der Waals surface area (Å²) >= 11 is 19.2. The molecule has 9 heteroatoms. The predicted molar refractivity (Wildman–Crippen MR) is 154 cm³/mol. The molecule has 2 aliphatic rings. The molecule has 2 aliphatic heterocycles. The van der Waals surface area contributed by atoms with Crippen LogP contribution in [0, 0.1) is 11.3 Å². The third kappa shape index (κ3) is 4.37. The molecule has 0 aromatic heterocycles. The third-order valence-electron chi connectivity index (χ3n) is 7.50. The smallest absolute Gasteiger partial charge is 0.238 e. The first-order chi connectivity index (χ1) is 19.3. The number of benzene rings is 4. The minimum Gasteiger partial charge on any atom is -0.457 e. The van der Waals surface area contributed by atoms with Crippen LogP contribution in [0.15, 0.2) is 84.9 Å². The Labute approximate surface area is 245 Å². The first kappa shape index (κ1) is 26.2. The molecule has 1 fully saturated rings. The number of carbonyl (C=O) groups excluding carboxylic acids is 2. The summed E-state index contributed by atoms with van der Waals surface area (Å²) in [7, 11) is 0. The Morgan fingerprint density at radius 1 is 0.875 bits per heavy atom. The molecule has 3 atom stereocenters. The Morgan fingerprint density at radius 2 is 1.60 bits per heavy atom. The van der Waals surface area contributed by atoms with Gasteiger partial charge in [0.1, 0.15) is 16.9 Å². The van der Waals surface area contributed by atoms with Gasteiger partial charge in [0.05, 0.1) is 17.7 Å². The molecule has 1 saturated heterocycles. The van der Waals surface area contributed by atoms with Gasteiger partial charge in [0.15, 0.2) is 0 Å². The molecule has 198 valence electrons. The van der Waals surface area contributed by atoms with Crippen LogP contribution in [0.5, 0.6) is 11.5 Å². The fourth-order valence-corrected chi connectivity index (χ4v) is 6.38. The summed E-state index contributed by atoms with van der Waals surface area (Å²) < 4.78 is 6.26. The summed E-state index contributed by atoms with van der Waals surface area (Å²) in [5, 5.41) is 16.6. The van der Waals surface area contributed by atoms with E-state index in [1.807, 2.05) is 12.1 Å². The van der Waals surface area contributed by atoms with Crippen molar-refractivity contribution in [2.75, 3.05) is 5.32 Å². The molecule has 2 heterocycles. The number of nitriles is 1. The highest BCUT2D eigenvalue weighted by Crippen LogP contribution is 2.58. The molecule has 0 unspecified atom stereocenters. The molecule has 0 aliphatic carbocycles. The number of hydrogen-bond donors (Lipinski definition) is 2. The first-order valence-corrected chi connectivity index (χ1v) is 13.6. The van der Waals surface area contributed by atoms with E-state index < -0.39 is 17.4 Å². The highest BCUT2D eigenvalue weighted by molar-refractivity contribution is 6.31. The Hall–Kier alpha value is -4.02. The number of anilines is 1. The van der Waals surface area contributed by atoms with Crippen LogP contribution in [0.1, 0.15) is 40.6 Å². The summed E-state index contributed by atoms with van der Waals surface area (Å²) in [5.74, 6) is -0.216. The number of fused-ring (bicyclic) bond motifs is 2. The number of amides is 2. The van der Waals surface area contributed by atoms with E-state index in [4.69, 9.17) is 44.8 Å². The molecule has 6 nitrogen and oxygen atoms in total. The molecule has 4 aromatic carbocycles. The molecule has 6 rings (SSSR count). The van der Waals surface area contributed by atoms with Crippen LogP contribution in [-0.2, 0) is 15.0 Å². The van der Waals surface area contributed by atoms with Gasteiger partial charge in [0.25, 0.3) is 0 Å². The number of ether oxygens (including phenoxy) is 1. The van der Waals surface area contributed by atoms with E-state index in [2.05, 4.69) is 16.7 Å². The number of hydrogen-bond acceptors (Lipinski definition) is 4. The average Bonchev–Trinajstić information content (AvgIpc) is 3.22. The maximum absolute atomic E-state index is 14.3. The van der Waals surface area contributed by atoms with Crippen molar-refractivity contribution in [3.8, 4) is 17.6 Å². The zero-order chi connectivity index (χ0) is 28.0. The van der Waals surface area contributed by atoms with Crippen LogP contribution in [0.3, 0.4) is 0 Å². The minimum absolute atomic E-state index is 0.0543. The van der Waals surface area contributed by atoms with E-state index >= 15 is 0 Å². The lowest BCUT2D eigenvalue weighted by molar-refractivity contribution is -0.131. The van der Waals surface area contributed by atoms with Crippen molar-refractivity contribution in [1.29, 1.82) is 5.26 Å². The second-order valence-electron chi connectivity index (χ2n) is 9.75. The second kappa shape index (κ2) is 10.2. The van der Waals surface area contributed by atoms with Crippen molar-refractivity contribution in [1.82, 2.24) is 5.32 Å². The molecule has 0 radical (unpaired) electrons. The van der Waals surface area contributed by atoms with E-state index in [1.54, 1.807) is 72.8 Å². The maximum Gasteiger partial charge on any atom is 0.238 e. The van der Waals surface area contributed by atoms with Gasteiger partial charge in [-0.15, -0.1) is 0 Å². The fraction of sp³-hybridized carbons (Fsp3) is 0.129. The van der Waals surface area contributed by atoms with Crippen molar-refractivity contribution >= 4 is 52.3 Å². The summed E-state index contributed by atoms with van der Waals surface area (Å²) in [4.78, 5) is 27.6. The van der Waals surface area contributed by atoms with Gasteiger partial charge in [0, 0.05) is 38.7 Å². The van der Waals surface area contributed by atoms with E-state index in [-0.39, 0.29) is 18.2 Å². The topological polar surface area (TPSA) is 91.2 Å². The number of carbonyl (C=O) groups is 2. The van der Waals surface area contributed by atoms with Crippen molar-refractivity contribution in [3.05, 3.63) is 122 Å². The van der Waals surface area contributed by atoms with Gasteiger partial charge >= 0.3 is 0 Å². The molecular formula is C31H20Cl3N3O3. The number of piperidine rings is 1. The van der Waals surface area contributed by atoms with Crippen molar-refractivity contribution in [2.24, 2.45) is 0 Å². The van der Waals surface area contributed by atoms with E-state index in [1.165, 1.54) is 0 Å². The zero-order valence-corrected chi connectivity index (χ0v) is 23.0. The lowest BCUT2D eigenvalue weighted by Crippen LogP contribution is -2.56. The summed E-state index contributed by atoms with van der Waals surface area (Å²) in [6.07, 6.45) is 0.0543. The quantitative estimate of drug-likeness (QED) is 0.258. The Kier molecular flexibility index (Phi) is 6.67. The lowest BCUT2D eigenvalue weighted by Gasteiger charge is -2.46. The number of nitrogens with zero attached hydrogens (tertiary/aromatic N) is 1. The third-order valence-corrected chi connectivity index (χ3v) is 8.20. The minimum atomic E-state index is -1.29. The van der Waals surface area contributed by atoms with E-state index in [9.17, 15) is 9.59 Å². The van der Waals surface area contributed by atoms with E-state index in [0.29, 0.717) is 48.9 Å². The summed E-state index contributed by atoms with van der Waals surface area (Å²) in [5.41, 5.74) is 1.75. The molecule has 4 aromatic rings. The number of halogens is 3. The molecule has 0 bridgehead atoms. The van der Waals surface area contributed by atoms with Gasteiger partial charge < -0.3 is 15.4 Å². The number of nitrogens with one attached hydrogen (secondary N) is 2. The van der Waals surface area contributed by atoms with Crippen molar-refractivity contribution in [3.63, 3.8) is 0 Å². The lowest BCUT2D eigenvalue weighted by atomic mass is 9.59. The van der Waals surface area contributed by atoms with Crippen LogP contribution in [0.25, 0.3) is 0 Å². The molecule has 1 spiro atoms. The zero-order valence-electron chi connectivity index (χ0n) is 20.8. The molecular weight excluding hydrogens is 569 g/mol. The Bertz CT molecular complexity index is 1720. The second-order valence-corrected chi connectivity index (χ2v) is 11.1. The van der Waals surface area contributed by atoms with Crippen molar-refractivity contribution in [2.45, 2.75) is 23.8 Å². The maximum atomic E-state index is 14.3. The standard InChI is InChI=1S/C31H20Cl3N3O3/c32-19-3-1-2-18(12-19)25-15-28(38)37-29(31(25)24-10-6-21(34)14-26(24)36-30(31)39)23-13-20(33)7-11-27(23)40-22-8-4-17(16-35)5-9-22/h1-14,25,29H,15H2,(H,36,39)(H,37,38)/t25-,29+,31-/m1/s1. The average molecular weight is 589 g/mol. The van der Waals surface area contributed by atoms with Gasteiger partial charge in [-0.2, -0.15) is 5.26 Å². The van der Waals surface area contributed by atoms with Gasteiger partial charge in [-0.1, -0.05) is 53.0 Å². The van der Waals surface area contributed by atoms with Gasteiger partial charge in [0.2, 0.25) is 11.8 Å². The van der Waals surface area contributed by atoms with E-state index in [0.717, 1.165) is 5.56 Å². The Morgan fingerprint density at radius 3 is 2.35 bits per heavy atom. The van der Waals surface area contributed by atoms with Crippen LogP contribution in [-0.4, -0.2) is 11.8 Å². The highest BCUT2D eigenvalue weighted by atomic mass is 35.5. The summed E-state index contributed by atoms with van der Waals surface area (Å²) in [6.45, 7) is 0. The van der Waals surface area contributed by atoms with Crippen LogP contribution in [0.4, 0.5) is 5.69 Å². The monoisotopic (exact) mass is 587 g/mol. The van der Waals surface area contributed by atoms with Crippen LogP contribution >= 0.6 is 34.8 Å². The molecule has 0 saturated carbocycles. The highest BCUT2D eigenvalue weighted by Gasteiger charge is 2.61. The largest absolute Gasteiger partial charge is 0.457 e. The summed E-state index contributed by atoms with van der Waals surface area (Å²) in [6, 6.07) is 25.4.